The lowest BCUT2D eigenvalue weighted by atomic mass is 10.0. The Morgan fingerprint density at radius 2 is 2.17 bits per heavy atom. The number of ether oxygens (including phenoxy) is 1. The van der Waals surface area contributed by atoms with Gasteiger partial charge in [0.25, 0.3) is 0 Å². The van der Waals surface area contributed by atoms with Crippen LogP contribution >= 0.6 is 0 Å². The molecule has 0 bridgehead atoms. The molecule has 12 heavy (non-hydrogen) atoms. The maximum Gasteiger partial charge on any atom is 0.120 e. The van der Waals surface area contributed by atoms with Crippen LogP contribution in [0.1, 0.15) is 32.6 Å². The van der Waals surface area contributed by atoms with Crippen molar-refractivity contribution in [3.63, 3.8) is 0 Å². The average Bonchev–Trinajstić information content (AvgIpc) is 2.56. The highest BCUT2D eigenvalue weighted by molar-refractivity contribution is 5.02. The van der Waals surface area contributed by atoms with Crippen molar-refractivity contribution in [1.82, 2.24) is 0 Å². The second-order valence-electron chi connectivity index (χ2n) is 3.17. The van der Waals surface area contributed by atoms with Crippen LogP contribution in [0.15, 0.2) is 0 Å². The Kier molecular flexibility index (Phi) is 3.96. The van der Waals surface area contributed by atoms with E-state index < -0.39 is 6.10 Å². The minimum atomic E-state index is -0.473. The van der Waals surface area contributed by atoms with Crippen molar-refractivity contribution in [2.45, 2.75) is 38.7 Å². The predicted octanol–water partition coefficient (Wildman–Crippen LogP) is 1.53. The minimum Gasteiger partial charge on any atom is -0.447 e. The fourth-order valence-corrected chi connectivity index (χ4v) is 1.57. The first-order chi connectivity index (χ1) is 5.84. The molecule has 1 fully saturated rings. The van der Waals surface area contributed by atoms with Crippen molar-refractivity contribution in [2.75, 3.05) is 6.61 Å². The maximum atomic E-state index is 9.52. The fraction of sp³-hybridized carbons (Fsp3) is 0.800. The van der Waals surface area contributed by atoms with Gasteiger partial charge in [-0.2, -0.15) is 0 Å². The second-order valence-corrected chi connectivity index (χ2v) is 3.17. The van der Waals surface area contributed by atoms with Gasteiger partial charge in [-0.3, -0.25) is 0 Å². The number of hydrogen-bond donors (Lipinski definition) is 1. The molecule has 0 saturated heterocycles. The van der Waals surface area contributed by atoms with Gasteiger partial charge < -0.3 is 9.84 Å². The summed E-state index contributed by atoms with van der Waals surface area (Å²) in [4.78, 5) is 0. The van der Waals surface area contributed by atoms with Gasteiger partial charge in [0.15, 0.2) is 0 Å². The highest BCUT2D eigenvalue weighted by Gasteiger charge is 2.21. The van der Waals surface area contributed by atoms with Crippen molar-refractivity contribution in [3.05, 3.63) is 0 Å². The molecule has 0 amide bonds. The van der Waals surface area contributed by atoms with E-state index in [9.17, 15) is 5.11 Å². The Balaban J connectivity index is 2.27. The molecule has 1 aliphatic carbocycles. The highest BCUT2D eigenvalue weighted by Crippen LogP contribution is 2.27. The van der Waals surface area contributed by atoms with Gasteiger partial charge in [-0.05, 0) is 31.6 Å². The molecule has 1 aliphatic rings. The molecule has 1 rings (SSSR count). The third-order valence-corrected chi connectivity index (χ3v) is 2.27. The van der Waals surface area contributed by atoms with Crippen LogP contribution in [-0.4, -0.2) is 17.8 Å². The molecule has 1 N–H and O–H groups in total. The predicted molar refractivity (Wildman–Crippen MR) is 47.4 cm³/mol. The van der Waals surface area contributed by atoms with Crippen LogP contribution in [0.5, 0.6) is 0 Å². The highest BCUT2D eigenvalue weighted by atomic mass is 16.5. The van der Waals surface area contributed by atoms with Crippen molar-refractivity contribution in [2.24, 2.45) is 5.92 Å². The van der Waals surface area contributed by atoms with E-state index >= 15 is 0 Å². The monoisotopic (exact) mass is 168 g/mol. The smallest absolute Gasteiger partial charge is 0.120 e. The van der Waals surface area contributed by atoms with Gasteiger partial charge in [0.2, 0.25) is 0 Å². The van der Waals surface area contributed by atoms with Crippen LogP contribution < -0.4 is 0 Å². The fourth-order valence-electron chi connectivity index (χ4n) is 1.57. The van der Waals surface area contributed by atoms with Gasteiger partial charge in [-0.1, -0.05) is 12.8 Å². The van der Waals surface area contributed by atoms with E-state index in [0.717, 1.165) is 12.8 Å². The maximum absolute atomic E-state index is 9.52. The first-order valence-corrected chi connectivity index (χ1v) is 4.65. The Morgan fingerprint density at radius 3 is 2.75 bits per heavy atom. The lowest BCUT2D eigenvalue weighted by Crippen LogP contribution is -2.14. The molecule has 1 atom stereocenters. The molecule has 1 saturated carbocycles. The summed E-state index contributed by atoms with van der Waals surface area (Å²) in [6.45, 7) is 2.47. The molecule has 68 valence electrons. The standard InChI is InChI=1S/C10H16O2/c1-2-12-8-7-10(11)9-5-3-4-6-9/h9-11H,2-6H2,1H3/t10-/m0/s1. The van der Waals surface area contributed by atoms with Gasteiger partial charge in [-0.15, -0.1) is 0 Å². The molecule has 2 heteroatoms. The van der Waals surface area contributed by atoms with E-state index in [-0.39, 0.29) is 0 Å². The van der Waals surface area contributed by atoms with Crippen molar-refractivity contribution < 1.29 is 9.84 Å². The van der Waals surface area contributed by atoms with E-state index in [1.807, 2.05) is 6.92 Å². The van der Waals surface area contributed by atoms with E-state index in [1.165, 1.54) is 12.8 Å². The molecule has 0 aromatic rings. The molecular formula is C10H16O2. The number of hydrogen-bond acceptors (Lipinski definition) is 2. The summed E-state index contributed by atoms with van der Waals surface area (Å²) < 4.78 is 4.84. The van der Waals surface area contributed by atoms with E-state index in [1.54, 1.807) is 0 Å². The van der Waals surface area contributed by atoms with Crippen LogP contribution in [-0.2, 0) is 4.74 Å². The van der Waals surface area contributed by atoms with Crippen molar-refractivity contribution in [3.8, 4) is 12.0 Å². The third kappa shape index (κ3) is 2.75. The summed E-state index contributed by atoms with van der Waals surface area (Å²) in [7, 11) is 0. The topological polar surface area (TPSA) is 29.5 Å². The molecule has 0 aromatic carbocycles. The van der Waals surface area contributed by atoms with Gasteiger partial charge in [0.05, 0.1) is 6.61 Å². The van der Waals surface area contributed by atoms with Gasteiger partial charge in [0, 0.05) is 0 Å². The molecule has 0 aromatic heterocycles. The van der Waals surface area contributed by atoms with Gasteiger partial charge in [0.1, 0.15) is 12.2 Å². The van der Waals surface area contributed by atoms with Crippen molar-refractivity contribution >= 4 is 0 Å². The lowest BCUT2D eigenvalue weighted by molar-refractivity contribution is 0.163. The zero-order valence-corrected chi connectivity index (χ0v) is 7.55. The summed E-state index contributed by atoms with van der Waals surface area (Å²) in [6.07, 6.45) is 6.73. The lowest BCUT2D eigenvalue weighted by Gasteiger charge is -2.09. The Hall–Kier alpha value is -0.680. The van der Waals surface area contributed by atoms with Crippen LogP contribution in [0.3, 0.4) is 0 Å². The van der Waals surface area contributed by atoms with Crippen LogP contribution in [0.4, 0.5) is 0 Å². The Labute approximate surface area is 73.9 Å². The summed E-state index contributed by atoms with van der Waals surface area (Å²) in [6, 6.07) is 0. The second kappa shape index (κ2) is 5.05. The van der Waals surface area contributed by atoms with Crippen LogP contribution in [0.25, 0.3) is 0 Å². The zero-order chi connectivity index (χ0) is 8.81. The van der Waals surface area contributed by atoms with Crippen LogP contribution in [0.2, 0.25) is 0 Å². The summed E-state index contributed by atoms with van der Waals surface area (Å²) in [5, 5.41) is 9.52. The number of rotatable bonds is 2. The summed E-state index contributed by atoms with van der Waals surface area (Å²) in [5.41, 5.74) is 0. The van der Waals surface area contributed by atoms with E-state index in [0.29, 0.717) is 12.5 Å². The van der Waals surface area contributed by atoms with Gasteiger partial charge in [-0.25, -0.2) is 0 Å². The molecule has 0 radical (unpaired) electrons. The van der Waals surface area contributed by atoms with Crippen LogP contribution in [0, 0.1) is 17.9 Å². The SMILES string of the molecule is CCOC#C[C@H](O)C1CCCC1. The Morgan fingerprint density at radius 1 is 1.50 bits per heavy atom. The summed E-state index contributed by atoms with van der Waals surface area (Å²) in [5.74, 6) is 3.10. The largest absolute Gasteiger partial charge is 0.447 e. The van der Waals surface area contributed by atoms with E-state index in [4.69, 9.17) is 4.74 Å². The Bertz CT molecular complexity index is 172. The minimum absolute atomic E-state index is 0.387. The molecule has 2 nitrogen and oxygen atoms in total. The van der Waals surface area contributed by atoms with Gasteiger partial charge >= 0.3 is 0 Å². The molecule has 0 aliphatic heterocycles. The number of aliphatic hydroxyl groups excluding tert-OH is 1. The first kappa shape index (κ1) is 9.41. The molecular weight excluding hydrogens is 152 g/mol. The molecule has 0 spiro atoms. The normalized spacial score (nSPS) is 19.8. The third-order valence-electron chi connectivity index (χ3n) is 2.27. The first-order valence-electron chi connectivity index (χ1n) is 4.65. The van der Waals surface area contributed by atoms with E-state index in [2.05, 4.69) is 12.0 Å². The quantitative estimate of drug-likeness (QED) is 0.634. The molecule has 0 heterocycles. The summed E-state index contributed by atoms with van der Waals surface area (Å²) >= 11 is 0. The number of aliphatic hydroxyl groups is 1. The molecule has 0 unspecified atom stereocenters. The average molecular weight is 168 g/mol. The van der Waals surface area contributed by atoms with Crippen molar-refractivity contribution in [1.29, 1.82) is 0 Å². The zero-order valence-electron chi connectivity index (χ0n) is 7.55.